The van der Waals surface area contributed by atoms with Crippen LogP contribution in [0.1, 0.15) is 28.7 Å². The average molecular weight is 386 g/mol. The third-order valence-corrected chi connectivity index (χ3v) is 3.86. The van der Waals surface area contributed by atoms with Crippen molar-refractivity contribution in [2.45, 2.75) is 20.0 Å². The van der Waals surface area contributed by atoms with E-state index >= 15 is 0 Å². The van der Waals surface area contributed by atoms with E-state index in [9.17, 15) is 18.0 Å². The molecule has 0 saturated heterocycles. The van der Waals surface area contributed by atoms with Crippen LogP contribution in [0, 0.1) is 6.92 Å². The fourth-order valence-electron chi connectivity index (χ4n) is 2.55. The van der Waals surface area contributed by atoms with Crippen LogP contribution in [0.4, 0.5) is 36.2 Å². The molecule has 0 bridgehead atoms. The minimum Gasteiger partial charge on any atom is -0.340 e. The topological polar surface area (TPSA) is 66.9 Å². The molecule has 28 heavy (non-hydrogen) atoms. The normalized spacial score (nSPS) is 11.2. The van der Waals surface area contributed by atoms with Crippen molar-refractivity contribution >= 4 is 28.8 Å². The molecule has 0 saturated carbocycles. The van der Waals surface area contributed by atoms with E-state index in [0.29, 0.717) is 28.7 Å². The molecular formula is C20H17F3N4O. The Hall–Kier alpha value is -3.42. The number of aromatic nitrogens is 2. The van der Waals surface area contributed by atoms with Crippen molar-refractivity contribution in [1.29, 1.82) is 0 Å². The molecule has 0 amide bonds. The van der Waals surface area contributed by atoms with Crippen LogP contribution in [0.25, 0.3) is 0 Å². The lowest BCUT2D eigenvalue weighted by atomic mass is 10.1. The number of aryl methyl sites for hydroxylation is 1. The molecule has 0 radical (unpaired) electrons. The van der Waals surface area contributed by atoms with Crippen molar-refractivity contribution in [1.82, 2.24) is 9.97 Å². The first-order valence-corrected chi connectivity index (χ1v) is 8.39. The van der Waals surface area contributed by atoms with Crippen molar-refractivity contribution in [3.8, 4) is 0 Å². The first kappa shape index (κ1) is 19.3. The number of hydrogen-bond donors (Lipinski definition) is 2. The van der Waals surface area contributed by atoms with E-state index in [-0.39, 0.29) is 11.5 Å². The van der Waals surface area contributed by atoms with Crippen molar-refractivity contribution in [3.63, 3.8) is 0 Å². The molecule has 2 aromatic carbocycles. The van der Waals surface area contributed by atoms with Gasteiger partial charge < -0.3 is 10.6 Å². The summed E-state index contributed by atoms with van der Waals surface area (Å²) in [6.45, 7) is 3.17. The SMILES string of the molecule is CC(=O)c1ccc(Nc2cc(Nc3cccc(C(F)(F)F)c3)nc(C)n2)cc1. The minimum absolute atomic E-state index is 0.0306. The number of carbonyl (C=O) groups is 1. The first-order valence-electron chi connectivity index (χ1n) is 8.39. The van der Waals surface area contributed by atoms with Gasteiger partial charge in [-0.1, -0.05) is 6.07 Å². The van der Waals surface area contributed by atoms with Crippen molar-refractivity contribution < 1.29 is 18.0 Å². The van der Waals surface area contributed by atoms with Crippen LogP contribution in [-0.2, 0) is 6.18 Å². The van der Waals surface area contributed by atoms with Crippen LogP contribution in [0.15, 0.2) is 54.6 Å². The molecule has 0 unspecified atom stereocenters. The van der Waals surface area contributed by atoms with Crippen LogP contribution in [0.3, 0.4) is 0 Å². The monoisotopic (exact) mass is 386 g/mol. The predicted molar refractivity (Wildman–Crippen MR) is 101 cm³/mol. The number of halogens is 3. The van der Waals surface area contributed by atoms with Gasteiger partial charge in [-0.05, 0) is 56.3 Å². The van der Waals surface area contributed by atoms with Gasteiger partial charge in [-0.25, -0.2) is 9.97 Å². The van der Waals surface area contributed by atoms with Crippen molar-refractivity contribution in [3.05, 3.63) is 71.5 Å². The average Bonchev–Trinajstić information content (AvgIpc) is 2.61. The Bertz CT molecular complexity index is 1000. The zero-order valence-electron chi connectivity index (χ0n) is 15.1. The summed E-state index contributed by atoms with van der Waals surface area (Å²) in [5.74, 6) is 1.24. The largest absolute Gasteiger partial charge is 0.416 e. The molecule has 0 aliphatic rings. The number of alkyl halides is 3. The van der Waals surface area contributed by atoms with Crippen LogP contribution < -0.4 is 10.6 Å². The number of anilines is 4. The summed E-state index contributed by atoms with van der Waals surface area (Å²) in [4.78, 5) is 19.8. The van der Waals surface area contributed by atoms with Gasteiger partial charge in [0.05, 0.1) is 5.56 Å². The summed E-state index contributed by atoms with van der Waals surface area (Å²) in [5.41, 5.74) is 0.835. The second-order valence-corrected chi connectivity index (χ2v) is 6.15. The van der Waals surface area contributed by atoms with Crippen LogP contribution in [0.2, 0.25) is 0 Å². The maximum absolute atomic E-state index is 12.9. The molecule has 1 aromatic heterocycles. The molecule has 5 nitrogen and oxygen atoms in total. The van der Waals surface area contributed by atoms with Gasteiger partial charge in [-0.15, -0.1) is 0 Å². The Morgan fingerprint density at radius 3 is 2.07 bits per heavy atom. The highest BCUT2D eigenvalue weighted by molar-refractivity contribution is 5.94. The molecular weight excluding hydrogens is 369 g/mol. The van der Waals surface area contributed by atoms with Crippen LogP contribution in [0.5, 0.6) is 0 Å². The maximum Gasteiger partial charge on any atom is 0.416 e. The number of rotatable bonds is 5. The molecule has 0 spiro atoms. The maximum atomic E-state index is 12.9. The Balaban J connectivity index is 1.81. The smallest absolute Gasteiger partial charge is 0.340 e. The van der Waals surface area contributed by atoms with Crippen molar-refractivity contribution in [2.24, 2.45) is 0 Å². The second kappa shape index (κ2) is 7.67. The van der Waals surface area contributed by atoms with Crippen LogP contribution >= 0.6 is 0 Å². The predicted octanol–water partition coefficient (Wildman–Crippen LogP) is 5.49. The van der Waals surface area contributed by atoms with E-state index < -0.39 is 11.7 Å². The second-order valence-electron chi connectivity index (χ2n) is 6.15. The number of nitrogens with zero attached hydrogens (tertiary/aromatic N) is 2. The Labute approximate surface area is 159 Å². The molecule has 0 atom stereocenters. The minimum atomic E-state index is -4.42. The Kier molecular flexibility index (Phi) is 5.30. The van der Waals surface area contributed by atoms with E-state index in [4.69, 9.17) is 0 Å². The summed E-state index contributed by atoms with van der Waals surface area (Å²) in [7, 11) is 0. The van der Waals surface area contributed by atoms with E-state index in [0.717, 1.165) is 12.1 Å². The van der Waals surface area contributed by atoms with Gasteiger partial charge in [-0.2, -0.15) is 13.2 Å². The number of carbonyl (C=O) groups excluding carboxylic acids is 1. The van der Waals surface area contributed by atoms with Gasteiger partial charge in [-0.3, -0.25) is 4.79 Å². The van der Waals surface area contributed by atoms with Gasteiger partial charge in [0, 0.05) is 23.0 Å². The quantitative estimate of drug-likeness (QED) is 0.567. The summed E-state index contributed by atoms with van der Waals surface area (Å²) in [5, 5.41) is 5.96. The fourth-order valence-corrected chi connectivity index (χ4v) is 2.55. The molecule has 144 valence electrons. The summed E-state index contributed by atoms with van der Waals surface area (Å²) in [6.07, 6.45) is -4.42. The summed E-state index contributed by atoms with van der Waals surface area (Å²) in [6, 6.07) is 13.4. The highest BCUT2D eigenvalue weighted by Crippen LogP contribution is 2.31. The Morgan fingerprint density at radius 2 is 1.50 bits per heavy atom. The summed E-state index contributed by atoms with van der Waals surface area (Å²) >= 11 is 0. The van der Waals surface area contributed by atoms with Gasteiger partial charge in [0.25, 0.3) is 0 Å². The standard InChI is InChI=1S/C20H17F3N4O/c1-12(28)14-6-8-16(9-7-14)26-18-11-19(25-13(2)24-18)27-17-5-3-4-15(10-17)20(21,22)23/h3-11H,1-2H3,(H2,24,25,26,27). The third kappa shape index (κ3) is 4.85. The number of hydrogen-bond acceptors (Lipinski definition) is 5. The Morgan fingerprint density at radius 1 is 0.893 bits per heavy atom. The number of nitrogens with one attached hydrogen (secondary N) is 2. The van der Waals surface area contributed by atoms with E-state index in [2.05, 4.69) is 20.6 Å². The lowest BCUT2D eigenvalue weighted by molar-refractivity contribution is -0.137. The van der Waals surface area contributed by atoms with E-state index in [1.807, 2.05) is 0 Å². The van der Waals surface area contributed by atoms with Crippen molar-refractivity contribution in [2.75, 3.05) is 10.6 Å². The highest BCUT2D eigenvalue weighted by atomic mass is 19.4. The molecule has 1 heterocycles. The zero-order chi connectivity index (χ0) is 20.3. The number of benzene rings is 2. The lowest BCUT2D eigenvalue weighted by Crippen LogP contribution is -2.06. The van der Waals surface area contributed by atoms with E-state index in [1.165, 1.54) is 19.1 Å². The lowest BCUT2D eigenvalue weighted by Gasteiger charge is -2.12. The molecule has 8 heteroatoms. The molecule has 3 rings (SSSR count). The first-order chi connectivity index (χ1) is 13.2. The fraction of sp³-hybridized carbons (Fsp3) is 0.150. The van der Waals surface area contributed by atoms with Gasteiger partial charge in [0.1, 0.15) is 17.5 Å². The highest BCUT2D eigenvalue weighted by Gasteiger charge is 2.30. The van der Waals surface area contributed by atoms with Gasteiger partial charge in [0.2, 0.25) is 0 Å². The van der Waals surface area contributed by atoms with Crippen LogP contribution in [-0.4, -0.2) is 15.8 Å². The molecule has 3 aromatic rings. The van der Waals surface area contributed by atoms with E-state index in [1.54, 1.807) is 37.3 Å². The van der Waals surface area contributed by atoms with Gasteiger partial charge in [0.15, 0.2) is 5.78 Å². The third-order valence-electron chi connectivity index (χ3n) is 3.86. The molecule has 0 aliphatic carbocycles. The zero-order valence-corrected chi connectivity index (χ0v) is 15.1. The number of Topliss-reactive ketones (excluding diaryl/α,β-unsaturated/α-hetero) is 1. The number of ketones is 1. The molecule has 0 fully saturated rings. The molecule has 0 aliphatic heterocycles. The van der Waals surface area contributed by atoms with Gasteiger partial charge >= 0.3 is 6.18 Å². The summed E-state index contributed by atoms with van der Waals surface area (Å²) < 4.78 is 38.6. The molecule has 2 N–H and O–H groups in total.